The SMILES string of the molecule is O=C(O)C1CCC2C(=O)N(Cc3cccc(CN4C(=O)C5CCCCC5C4=O)c3)C(=O)C2C1. The number of carbonyl (C=O) groups is 5. The zero-order valence-corrected chi connectivity index (χ0v) is 18.4. The number of imide groups is 2. The van der Waals surface area contributed by atoms with Gasteiger partial charge in [0.15, 0.2) is 0 Å². The maximum Gasteiger partial charge on any atom is 0.306 e. The van der Waals surface area contributed by atoms with Crippen molar-refractivity contribution >= 4 is 29.6 Å². The molecule has 8 nitrogen and oxygen atoms in total. The fourth-order valence-corrected chi connectivity index (χ4v) is 6.21. The van der Waals surface area contributed by atoms with E-state index in [9.17, 15) is 29.1 Å². The van der Waals surface area contributed by atoms with Crippen LogP contribution < -0.4 is 0 Å². The number of nitrogens with zero attached hydrogens (tertiary/aromatic N) is 2. The summed E-state index contributed by atoms with van der Waals surface area (Å²) < 4.78 is 0. The van der Waals surface area contributed by atoms with Crippen molar-refractivity contribution in [2.45, 2.75) is 58.0 Å². The number of amides is 4. The molecule has 1 N–H and O–H groups in total. The number of carboxylic acids is 1. The van der Waals surface area contributed by atoms with E-state index in [1.165, 1.54) is 9.80 Å². The molecule has 4 aliphatic rings. The number of benzene rings is 1. The van der Waals surface area contributed by atoms with Gasteiger partial charge in [-0.15, -0.1) is 0 Å². The Balaban J connectivity index is 1.29. The van der Waals surface area contributed by atoms with E-state index in [0.29, 0.717) is 12.8 Å². The van der Waals surface area contributed by atoms with Gasteiger partial charge in [0, 0.05) is 0 Å². The van der Waals surface area contributed by atoms with Gasteiger partial charge in [-0.1, -0.05) is 37.1 Å². The van der Waals surface area contributed by atoms with Crippen LogP contribution in [0.3, 0.4) is 0 Å². The number of rotatable bonds is 5. The van der Waals surface area contributed by atoms with Gasteiger partial charge in [-0.25, -0.2) is 0 Å². The highest BCUT2D eigenvalue weighted by molar-refractivity contribution is 6.06. The van der Waals surface area contributed by atoms with Crippen LogP contribution in [-0.2, 0) is 37.1 Å². The first-order valence-electron chi connectivity index (χ1n) is 11.9. The second-order valence-corrected chi connectivity index (χ2v) is 9.90. The minimum absolute atomic E-state index is 0.0861. The van der Waals surface area contributed by atoms with Crippen LogP contribution in [0.15, 0.2) is 24.3 Å². The summed E-state index contributed by atoms with van der Waals surface area (Å²) in [5.74, 6) is -3.55. The van der Waals surface area contributed by atoms with Gasteiger partial charge in [0.2, 0.25) is 23.6 Å². The highest BCUT2D eigenvalue weighted by Gasteiger charge is 2.51. The Labute approximate surface area is 191 Å². The topological polar surface area (TPSA) is 112 Å². The van der Waals surface area contributed by atoms with Crippen LogP contribution in [-0.4, -0.2) is 44.5 Å². The molecule has 0 spiro atoms. The zero-order valence-electron chi connectivity index (χ0n) is 18.4. The predicted molar refractivity (Wildman–Crippen MR) is 115 cm³/mol. The molecular weight excluding hydrogens is 424 g/mol. The van der Waals surface area contributed by atoms with Crippen LogP contribution in [0, 0.1) is 29.6 Å². The van der Waals surface area contributed by atoms with Gasteiger partial charge in [0.1, 0.15) is 0 Å². The summed E-state index contributed by atoms with van der Waals surface area (Å²) in [6, 6.07) is 7.31. The van der Waals surface area contributed by atoms with Crippen LogP contribution in [0.1, 0.15) is 56.1 Å². The van der Waals surface area contributed by atoms with E-state index >= 15 is 0 Å². The van der Waals surface area contributed by atoms with Crippen LogP contribution in [0.25, 0.3) is 0 Å². The Kier molecular flexibility index (Phi) is 5.54. The van der Waals surface area contributed by atoms with Crippen molar-refractivity contribution in [1.82, 2.24) is 9.80 Å². The van der Waals surface area contributed by atoms with E-state index in [2.05, 4.69) is 0 Å². The monoisotopic (exact) mass is 452 g/mol. The van der Waals surface area contributed by atoms with Gasteiger partial charge in [-0.2, -0.15) is 0 Å². The first kappa shape index (κ1) is 21.8. The summed E-state index contributed by atoms with van der Waals surface area (Å²) in [5.41, 5.74) is 1.54. The van der Waals surface area contributed by atoms with Crippen molar-refractivity contribution in [3.8, 4) is 0 Å². The fourth-order valence-electron chi connectivity index (χ4n) is 6.21. The molecular formula is C25H28N2O6. The molecule has 2 aliphatic carbocycles. The van der Waals surface area contributed by atoms with Crippen molar-refractivity contribution in [3.05, 3.63) is 35.4 Å². The molecule has 33 heavy (non-hydrogen) atoms. The van der Waals surface area contributed by atoms with Gasteiger partial charge in [-0.05, 0) is 43.2 Å². The summed E-state index contributed by atoms with van der Waals surface area (Å²) in [6.07, 6.45) is 4.56. The molecule has 2 saturated heterocycles. The third-order valence-electron chi connectivity index (χ3n) is 7.97. The Morgan fingerprint density at radius 1 is 0.758 bits per heavy atom. The van der Waals surface area contributed by atoms with Crippen LogP contribution in [0.4, 0.5) is 0 Å². The van der Waals surface area contributed by atoms with Crippen molar-refractivity contribution in [3.63, 3.8) is 0 Å². The second-order valence-electron chi connectivity index (χ2n) is 9.90. The molecule has 0 aromatic heterocycles. The van der Waals surface area contributed by atoms with E-state index in [0.717, 1.165) is 36.8 Å². The molecule has 1 aromatic rings. The Morgan fingerprint density at radius 2 is 1.24 bits per heavy atom. The molecule has 4 fully saturated rings. The third-order valence-corrected chi connectivity index (χ3v) is 7.97. The molecule has 5 unspecified atom stereocenters. The fraction of sp³-hybridized carbons (Fsp3) is 0.560. The normalized spacial score (nSPS) is 31.7. The van der Waals surface area contributed by atoms with Crippen LogP contribution >= 0.6 is 0 Å². The Morgan fingerprint density at radius 3 is 1.76 bits per heavy atom. The average Bonchev–Trinajstić information content (AvgIpc) is 3.20. The van der Waals surface area contributed by atoms with Gasteiger partial charge >= 0.3 is 5.97 Å². The number of carboxylic acid groups (broad SMARTS) is 1. The van der Waals surface area contributed by atoms with E-state index in [1.54, 1.807) is 6.07 Å². The maximum absolute atomic E-state index is 12.9. The van der Waals surface area contributed by atoms with Crippen LogP contribution in [0.2, 0.25) is 0 Å². The first-order chi connectivity index (χ1) is 15.8. The van der Waals surface area contributed by atoms with Crippen LogP contribution in [0.5, 0.6) is 0 Å². The lowest BCUT2D eigenvalue weighted by Gasteiger charge is -2.25. The molecule has 5 rings (SSSR count). The molecule has 8 heteroatoms. The number of aliphatic carboxylic acids is 1. The highest BCUT2D eigenvalue weighted by atomic mass is 16.4. The Hall–Kier alpha value is -3.03. The average molecular weight is 453 g/mol. The second kappa shape index (κ2) is 8.39. The maximum atomic E-state index is 12.9. The first-order valence-corrected chi connectivity index (χ1v) is 11.9. The molecule has 174 valence electrons. The van der Waals surface area contributed by atoms with E-state index in [1.807, 2.05) is 18.2 Å². The lowest BCUT2D eigenvalue weighted by atomic mass is 9.75. The molecule has 2 saturated carbocycles. The smallest absolute Gasteiger partial charge is 0.306 e. The number of hydrogen-bond acceptors (Lipinski definition) is 5. The van der Waals surface area contributed by atoms with E-state index in [4.69, 9.17) is 0 Å². The number of carbonyl (C=O) groups excluding carboxylic acids is 4. The van der Waals surface area contributed by atoms with Crippen molar-refractivity contribution in [2.24, 2.45) is 29.6 Å². The standard InChI is InChI=1S/C25H28N2O6/c28-21-17-6-1-2-7-18(17)22(29)26(21)12-14-4-3-5-15(10-14)13-27-23(30)19-9-8-16(25(32)33)11-20(19)24(27)31/h3-5,10,16-20H,1-2,6-9,11-13H2,(H,32,33). The van der Waals surface area contributed by atoms with Crippen molar-refractivity contribution in [2.75, 3.05) is 0 Å². The molecule has 4 amide bonds. The largest absolute Gasteiger partial charge is 0.481 e. The quantitative estimate of drug-likeness (QED) is 0.687. The Bertz CT molecular complexity index is 1010. The molecule has 2 aliphatic heterocycles. The molecule has 0 bridgehead atoms. The zero-order chi connectivity index (χ0) is 23.3. The van der Waals surface area contributed by atoms with Gasteiger partial charge < -0.3 is 5.11 Å². The minimum atomic E-state index is -0.911. The molecule has 1 aromatic carbocycles. The van der Waals surface area contributed by atoms with E-state index in [-0.39, 0.29) is 55.0 Å². The summed E-state index contributed by atoms with van der Waals surface area (Å²) in [6.45, 7) is 0.315. The molecule has 2 heterocycles. The number of hydrogen-bond donors (Lipinski definition) is 1. The van der Waals surface area contributed by atoms with Crippen molar-refractivity contribution in [1.29, 1.82) is 0 Å². The third kappa shape index (κ3) is 3.75. The lowest BCUT2D eigenvalue weighted by Crippen LogP contribution is -2.31. The van der Waals surface area contributed by atoms with Gasteiger partial charge in [0.25, 0.3) is 0 Å². The van der Waals surface area contributed by atoms with Gasteiger partial charge in [-0.3, -0.25) is 33.8 Å². The van der Waals surface area contributed by atoms with Crippen molar-refractivity contribution < 1.29 is 29.1 Å². The minimum Gasteiger partial charge on any atom is -0.481 e. The van der Waals surface area contributed by atoms with E-state index < -0.39 is 23.7 Å². The summed E-state index contributed by atoms with van der Waals surface area (Å²) in [7, 11) is 0. The lowest BCUT2D eigenvalue weighted by molar-refractivity contribution is -0.145. The summed E-state index contributed by atoms with van der Waals surface area (Å²) in [5, 5.41) is 9.30. The predicted octanol–water partition coefficient (Wildman–Crippen LogP) is 2.35. The summed E-state index contributed by atoms with van der Waals surface area (Å²) in [4.78, 5) is 65.4. The number of likely N-dealkylation sites (tertiary alicyclic amines) is 2. The number of fused-ring (bicyclic) bond motifs is 2. The molecule has 0 radical (unpaired) electrons. The highest BCUT2D eigenvalue weighted by Crippen LogP contribution is 2.41. The summed E-state index contributed by atoms with van der Waals surface area (Å²) >= 11 is 0. The molecule has 5 atom stereocenters. The van der Waals surface area contributed by atoms with Gasteiger partial charge in [0.05, 0.1) is 42.7 Å².